The number of hydrogen-bond donors (Lipinski definition) is 1. The van der Waals surface area contributed by atoms with Crippen molar-refractivity contribution in [3.63, 3.8) is 0 Å². The molecule has 0 saturated carbocycles. The molecule has 0 saturated heterocycles. The fraction of sp³-hybridized carbons (Fsp3) is 0.267. The van der Waals surface area contributed by atoms with Crippen molar-refractivity contribution in [2.45, 2.75) is 26.9 Å². The Morgan fingerprint density at radius 3 is 2.72 bits per heavy atom. The van der Waals surface area contributed by atoms with E-state index in [0.29, 0.717) is 5.57 Å². The molecule has 1 aliphatic heterocycles. The molecule has 0 unspecified atom stereocenters. The van der Waals surface area contributed by atoms with Gasteiger partial charge in [0.25, 0.3) is 0 Å². The number of para-hydroxylation sites is 1. The Labute approximate surface area is 107 Å². The first-order chi connectivity index (χ1) is 8.59. The molecule has 0 spiro atoms. The first-order valence-electron chi connectivity index (χ1n) is 6.04. The number of rotatable bonds is 2. The fourth-order valence-electron chi connectivity index (χ4n) is 1.92. The maximum Gasteiger partial charge on any atom is 0.339 e. The Morgan fingerprint density at radius 1 is 1.28 bits per heavy atom. The maximum atomic E-state index is 12.2. The first kappa shape index (κ1) is 12.4. The number of nitrogens with one attached hydrogen (secondary N) is 1. The van der Waals surface area contributed by atoms with Gasteiger partial charge >= 0.3 is 5.97 Å². The molecule has 1 N–H and O–H groups in total. The number of fused-ring (bicyclic) bond motifs is 1. The van der Waals surface area contributed by atoms with Crippen molar-refractivity contribution in [3.05, 3.63) is 47.7 Å². The minimum atomic E-state index is -0.275. The summed E-state index contributed by atoms with van der Waals surface area (Å²) < 4.78 is 5.31. The van der Waals surface area contributed by atoms with Gasteiger partial charge in [-0.05, 0) is 38.5 Å². The van der Waals surface area contributed by atoms with Gasteiger partial charge in [-0.1, -0.05) is 18.2 Å². The topological polar surface area (TPSA) is 38.3 Å². The largest absolute Gasteiger partial charge is 0.459 e. The third-order valence-corrected chi connectivity index (χ3v) is 2.71. The molecular weight excluding hydrogens is 226 g/mol. The smallest absolute Gasteiger partial charge is 0.339 e. The molecule has 94 valence electrons. The van der Waals surface area contributed by atoms with E-state index in [1.165, 1.54) is 0 Å². The molecule has 1 aliphatic rings. The molecule has 0 aliphatic carbocycles. The molecule has 3 nitrogen and oxygen atoms in total. The van der Waals surface area contributed by atoms with E-state index in [9.17, 15) is 4.79 Å². The van der Waals surface area contributed by atoms with E-state index in [-0.39, 0.29) is 12.1 Å². The summed E-state index contributed by atoms with van der Waals surface area (Å²) in [7, 11) is 0. The third kappa shape index (κ3) is 2.45. The minimum Gasteiger partial charge on any atom is -0.459 e. The van der Waals surface area contributed by atoms with E-state index in [2.05, 4.69) is 5.32 Å². The monoisotopic (exact) mass is 243 g/mol. The molecule has 0 aromatic heterocycles. The van der Waals surface area contributed by atoms with E-state index >= 15 is 0 Å². The second-order valence-corrected chi connectivity index (χ2v) is 4.54. The van der Waals surface area contributed by atoms with Gasteiger partial charge in [-0.25, -0.2) is 4.79 Å². The number of ether oxygens (including phenoxy) is 1. The predicted molar refractivity (Wildman–Crippen MR) is 73.0 cm³/mol. The van der Waals surface area contributed by atoms with E-state index in [1.54, 1.807) is 0 Å². The summed E-state index contributed by atoms with van der Waals surface area (Å²) >= 11 is 0. The van der Waals surface area contributed by atoms with Crippen molar-refractivity contribution in [3.8, 4) is 0 Å². The van der Waals surface area contributed by atoms with Crippen LogP contribution in [0.15, 0.2) is 42.1 Å². The molecule has 1 aromatic carbocycles. The zero-order chi connectivity index (χ0) is 13.1. The Hall–Kier alpha value is -2.03. The molecule has 0 atom stereocenters. The number of allylic oxidation sites excluding steroid dienone is 2. The van der Waals surface area contributed by atoms with Gasteiger partial charge in [-0.3, -0.25) is 0 Å². The van der Waals surface area contributed by atoms with Crippen molar-refractivity contribution in [1.29, 1.82) is 0 Å². The standard InChI is InChI=1S/C15H17NO2/c1-10(2)18-15(17)14-11(3)8-9-16-13-7-5-4-6-12(13)14/h4-10,16H,1-3H3. The van der Waals surface area contributed by atoms with E-state index in [0.717, 1.165) is 16.8 Å². The van der Waals surface area contributed by atoms with Crippen molar-refractivity contribution in [2.24, 2.45) is 0 Å². The second kappa shape index (κ2) is 5.08. The highest BCUT2D eigenvalue weighted by Gasteiger charge is 2.20. The van der Waals surface area contributed by atoms with Gasteiger partial charge in [-0.2, -0.15) is 0 Å². The molecule has 0 fully saturated rings. The van der Waals surface area contributed by atoms with Gasteiger partial charge in [0.05, 0.1) is 11.7 Å². The molecule has 0 radical (unpaired) electrons. The van der Waals surface area contributed by atoms with E-state index in [4.69, 9.17) is 4.74 Å². The van der Waals surface area contributed by atoms with Crippen LogP contribution < -0.4 is 5.32 Å². The lowest BCUT2D eigenvalue weighted by Gasteiger charge is -2.14. The van der Waals surface area contributed by atoms with Crippen molar-refractivity contribution in [2.75, 3.05) is 5.32 Å². The summed E-state index contributed by atoms with van der Waals surface area (Å²) in [5.41, 5.74) is 3.32. The molecule has 18 heavy (non-hydrogen) atoms. The number of carbonyl (C=O) groups excluding carboxylic acids is 1. The first-order valence-corrected chi connectivity index (χ1v) is 6.04. The highest BCUT2D eigenvalue weighted by molar-refractivity contribution is 6.19. The Balaban J connectivity index is 2.49. The highest BCUT2D eigenvalue weighted by atomic mass is 16.5. The van der Waals surface area contributed by atoms with Gasteiger partial charge in [0.1, 0.15) is 0 Å². The minimum absolute atomic E-state index is 0.120. The summed E-state index contributed by atoms with van der Waals surface area (Å²) in [5, 5.41) is 3.16. The number of anilines is 1. The van der Waals surface area contributed by atoms with E-state index < -0.39 is 0 Å². The highest BCUT2D eigenvalue weighted by Crippen LogP contribution is 2.30. The van der Waals surface area contributed by atoms with Crippen LogP contribution in [0, 0.1) is 0 Å². The summed E-state index contributed by atoms with van der Waals surface area (Å²) in [5.74, 6) is -0.275. The predicted octanol–water partition coefficient (Wildman–Crippen LogP) is 3.35. The molecular formula is C15H17NO2. The van der Waals surface area contributed by atoms with E-state index in [1.807, 2.05) is 57.3 Å². The zero-order valence-electron chi connectivity index (χ0n) is 10.9. The normalized spacial score (nSPS) is 14.0. The number of hydrogen-bond acceptors (Lipinski definition) is 3. The van der Waals surface area contributed by atoms with Crippen LogP contribution >= 0.6 is 0 Å². The molecule has 3 heteroatoms. The van der Waals surface area contributed by atoms with Crippen LogP contribution in [0.3, 0.4) is 0 Å². The summed E-state index contributed by atoms with van der Waals surface area (Å²) in [4.78, 5) is 12.2. The summed E-state index contributed by atoms with van der Waals surface area (Å²) in [6.45, 7) is 5.62. The van der Waals surface area contributed by atoms with Crippen molar-refractivity contribution >= 4 is 17.2 Å². The zero-order valence-corrected chi connectivity index (χ0v) is 10.9. The molecule has 1 heterocycles. The van der Waals surface area contributed by atoms with Crippen molar-refractivity contribution in [1.82, 2.24) is 0 Å². The van der Waals surface area contributed by atoms with Crippen LogP contribution in [-0.2, 0) is 9.53 Å². The number of carbonyl (C=O) groups is 1. The van der Waals surface area contributed by atoms with Crippen LogP contribution in [0.25, 0.3) is 5.57 Å². The number of benzene rings is 1. The summed E-state index contributed by atoms with van der Waals surface area (Å²) in [6.07, 6.45) is 3.60. The van der Waals surface area contributed by atoms with Gasteiger partial charge in [0.2, 0.25) is 0 Å². The van der Waals surface area contributed by atoms with Gasteiger partial charge in [0.15, 0.2) is 0 Å². The van der Waals surface area contributed by atoms with Gasteiger partial charge in [-0.15, -0.1) is 0 Å². The van der Waals surface area contributed by atoms with Crippen molar-refractivity contribution < 1.29 is 9.53 Å². The Bertz CT molecular complexity index is 527. The maximum absolute atomic E-state index is 12.2. The SMILES string of the molecule is CC1=C(C(=O)OC(C)C)c2ccccc2NC=C1. The molecule has 2 rings (SSSR count). The Morgan fingerprint density at radius 2 is 2.00 bits per heavy atom. The molecule has 0 bridgehead atoms. The molecule has 0 amide bonds. The van der Waals surface area contributed by atoms with Crippen LogP contribution in [0.5, 0.6) is 0 Å². The molecule has 1 aromatic rings. The number of esters is 1. The lowest BCUT2D eigenvalue weighted by molar-refractivity contribution is -0.140. The Kier molecular flexibility index (Phi) is 3.51. The third-order valence-electron chi connectivity index (χ3n) is 2.71. The average molecular weight is 243 g/mol. The van der Waals surface area contributed by atoms with Gasteiger partial charge in [0, 0.05) is 17.5 Å². The summed E-state index contributed by atoms with van der Waals surface area (Å²) in [6, 6.07) is 7.73. The fourth-order valence-corrected chi connectivity index (χ4v) is 1.92. The van der Waals surface area contributed by atoms with Crippen LogP contribution in [-0.4, -0.2) is 12.1 Å². The lowest BCUT2D eigenvalue weighted by Crippen LogP contribution is -2.14. The van der Waals surface area contributed by atoms with Gasteiger partial charge < -0.3 is 10.1 Å². The quantitative estimate of drug-likeness (QED) is 0.809. The second-order valence-electron chi connectivity index (χ2n) is 4.54. The average Bonchev–Trinajstić information content (AvgIpc) is 2.46. The van der Waals surface area contributed by atoms with Crippen LogP contribution in [0.4, 0.5) is 5.69 Å². The van der Waals surface area contributed by atoms with Crippen LogP contribution in [0.2, 0.25) is 0 Å². The van der Waals surface area contributed by atoms with Crippen LogP contribution in [0.1, 0.15) is 26.3 Å². The lowest BCUT2D eigenvalue weighted by atomic mass is 10.00.